The van der Waals surface area contributed by atoms with E-state index in [1.165, 1.54) is 0 Å². The van der Waals surface area contributed by atoms with Gasteiger partial charge >= 0.3 is 0 Å². The Labute approximate surface area is 121 Å². The first kappa shape index (κ1) is 15.2. The molecule has 1 aromatic carbocycles. The third-order valence-corrected chi connectivity index (χ3v) is 4.68. The van der Waals surface area contributed by atoms with E-state index in [2.05, 4.69) is 5.32 Å². The van der Waals surface area contributed by atoms with Crippen molar-refractivity contribution in [2.24, 2.45) is 5.14 Å². The van der Waals surface area contributed by atoms with Gasteiger partial charge in [-0.05, 0) is 38.3 Å². The zero-order valence-corrected chi connectivity index (χ0v) is 12.3. The molecular weight excluding hydrogens is 307 g/mol. The molecule has 0 aliphatic heterocycles. The number of amides is 1. The average molecular weight is 321 g/mol. The van der Waals surface area contributed by atoms with Crippen LogP contribution < -0.4 is 10.5 Å². The van der Waals surface area contributed by atoms with E-state index in [9.17, 15) is 17.6 Å². The molecule has 0 radical (unpaired) electrons. The van der Waals surface area contributed by atoms with Crippen LogP contribution in [0.15, 0.2) is 17.0 Å². The molecular formula is C12H14ClFN2O3S. The summed E-state index contributed by atoms with van der Waals surface area (Å²) in [6.45, 7) is 1.88. The van der Waals surface area contributed by atoms with Gasteiger partial charge in [-0.25, -0.2) is 17.9 Å². The first-order valence-electron chi connectivity index (χ1n) is 5.97. The van der Waals surface area contributed by atoms with Crippen LogP contribution in [0, 0.1) is 5.82 Å². The third-order valence-electron chi connectivity index (χ3n) is 3.45. The summed E-state index contributed by atoms with van der Waals surface area (Å²) in [5.74, 6) is -1.62. The smallest absolute Gasteiger partial charge is 0.253 e. The minimum atomic E-state index is -4.26. The van der Waals surface area contributed by atoms with E-state index in [0.29, 0.717) is 0 Å². The van der Waals surface area contributed by atoms with E-state index in [1.54, 1.807) is 0 Å². The van der Waals surface area contributed by atoms with Gasteiger partial charge < -0.3 is 5.32 Å². The predicted octanol–water partition coefficient (Wildman–Crippen LogP) is 1.80. The van der Waals surface area contributed by atoms with Crippen LogP contribution in [-0.4, -0.2) is 19.9 Å². The van der Waals surface area contributed by atoms with E-state index in [4.69, 9.17) is 16.7 Å². The van der Waals surface area contributed by atoms with Crippen molar-refractivity contribution in [2.75, 3.05) is 0 Å². The Hall–Kier alpha value is -1.18. The summed E-state index contributed by atoms with van der Waals surface area (Å²) in [7, 11) is -4.26. The maximum atomic E-state index is 13.5. The van der Waals surface area contributed by atoms with Crippen molar-refractivity contribution in [1.82, 2.24) is 5.32 Å². The number of hydrogen-bond acceptors (Lipinski definition) is 3. The molecule has 1 amide bonds. The van der Waals surface area contributed by atoms with Crippen molar-refractivity contribution in [2.45, 2.75) is 36.6 Å². The third kappa shape index (κ3) is 2.94. The summed E-state index contributed by atoms with van der Waals surface area (Å²) in [4.78, 5) is 11.4. The number of halogens is 2. The zero-order chi connectivity index (χ0) is 15.1. The van der Waals surface area contributed by atoms with Crippen molar-refractivity contribution < 1.29 is 17.6 Å². The minimum Gasteiger partial charge on any atom is -0.347 e. The highest BCUT2D eigenvalue weighted by molar-refractivity contribution is 7.89. The van der Waals surface area contributed by atoms with Crippen LogP contribution in [-0.2, 0) is 10.0 Å². The van der Waals surface area contributed by atoms with Crippen molar-refractivity contribution in [3.8, 4) is 0 Å². The van der Waals surface area contributed by atoms with Crippen molar-refractivity contribution >= 4 is 27.5 Å². The molecule has 110 valence electrons. The zero-order valence-electron chi connectivity index (χ0n) is 10.7. The number of carbonyl (C=O) groups is 1. The van der Waals surface area contributed by atoms with Gasteiger partial charge in [-0.15, -0.1) is 0 Å². The van der Waals surface area contributed by atoms with Crippen LogP contribution in [0.5, 0.6) is 0 Å². The van der Waals surface area contributed by atoms with Gasteiger partial charge in [-0.3, -0.25) is 4.79 Å². The first-order valence-corrected chi connectivity index (χ1v) is 7.89. The molecule has 5 nitrogen and oxygen atoms in total. The lowest BCUT2D eigenvalue weighted by Crippen LogP contribution is -2.51. The van der Waals surface area contributed by atoms with Gasteiger partial charge in [0.25, 0.3) is 5.91 Å². The second kappa shape index (κ2) is 4.98. The number of sulfonamides is 1. The molecule has 0 spiro atoms. The highest BCUT2D eigenvalue weighted by Crippen LogP contribution is 2.32. The molecule has 3 N–H and O–H groups in total. The van der Waals surface area contributed by atoms with Crippen LogP contribution in [0.1, 0.15) is 36.5 Å². The van der Waals surface area contributed by atoms with Crippen LogP contribution >= 0.6 is 11.6 Å². The summed E-state index contributed by atoms with van der Waals surface area (Å²) < 4.78 is 36.0. The van der Waals surface area contributed by atoms with E-state index in [0.717, 1.165) is 31.4 Å². The van der Waals surface area contributed by atoms with E-state index in [1.807, 2.05) is 6.92 Å². The first-order chi connectivity index (χ1) is 9.12. The quantitative estimate of drug-likeness (QED) is 0.890. The molecule has 0 atom stereocenters. The van der Waals surface area contributed by atoms with Gasteiger partial charge in [0.1, 0.15) is 10.7 Å². The van der Waals surface area contributed by atoms with Gasteiger partial charge in [0.05, 0.1) is 10.6 Å². The van der Waals surface area contributed by atoms with E-state index in [-0.39, 0.29) is 16.1 Å². The molecule has 2 rings (SSSR count). The lowest BCUT2D eigenvalue weighted by molar-refractivity contribution is 0.0850. The number of rotatable bonds is 3. The highest BCUT2D eigenvalue weighted by atomic mass is 35.5. The fraction of sp³-hybridized carbons (Fsp3) is 0.417. The molecule has 1 aliphatic carbocycles. The predicted molar refractivity (Wildman–Crippen MR) is 72.5 cm³/mol. The number of carbonyl (C=O) groups excluding carboxylic acids is 1. The maximum Gasteiger partial charge on any atom is 0.253 e. The Morgan fingerprint density at radius 3 is 2.50 bits per heavy atom. The van der Waals surface area contributed by atoms with Gasteiger partial charge in [0, 0.05) is 5.54 Å². The molecule has 1 saturated carbocycles. The molecule has 20 heavy (non-hydrogen) atoms. The van der Waals surface area contributed by atoms with Crippen LogP contribution in [0.2, 0.25) is 5.02 Å². The monoisotopic (exact) mass is 320 g/mol. The number of nitrogens with two attached hydrogens (primary N) is 1. The standard InChI is InChI=1S/C12H14ClFN2O3S/c1-12(3-2-4-12)16-11(17)7-5-10(20(15,18)19)9(14)6-8(7)13/h5-6H,2-4H2,1H3,(H,16,17)(H2,15,18,19). The number of nitrogens with one attached hydrogen (secondary N) is 1. The summed E-state index contributed by atoms with van der Waals surface area (Å²) in [5, 5.41) is 7.51. The van der Waals surface area contributed by atoms with Crippen molar-refractivity contribution in [1.29, 1.82) is 0 Å². The Morgan fingerprint density at radius 1 is 1.45 bits per heavy atom. The SMILES string of the molecule is CC1(NC(=O)c2cc(S(N)(=O)=O)c(F)cc2Cl)CCC1. The molecule has 0 unspecified atom stereocenters. The van der Waals surface area contributed by atoms with Gasteiger partial charge in [0.15, 0.2) is 0 Å². The summed E-state index contributed by atoms with van der Waals surface area (Å²) >= 11 is 5.80. The van der Waals surface area contributed by atoms with Gasteiger partial charge in [-0.1, -0.05) is 11.6 Å². The topological polar surface area (TPSA) is 89.3 Å². The molecule has 1 fully saturated rings. The molecule has 0 bridgehead atoms. The van der Waals surface area contributed by atoms with Crippen molar-refractivity contribution in [3.05, 3.63) is 28.5 Å². The van der Waals surface area contributed by atoms with Crippen LogP contribution in [0.4, 0.5) is 4.39 Å². The normalized spacial score (nSPS) is 17.4. The van der Waals surface area contributed by atoms with Crippen molar-refractivity contribution in [3.63, 3.8) is 0 Å². The van der Waals surface area contributed by atoms with Gasteiger partial charge in [-0.2, -0.15) is 0 Å². The minimum absolute atomic E-state index is 0.106. The Balaban J connectivity index is 2.38. The summed E-state index contributed by atoms with van der Waals surface area (Å²) in [6, 6.07) is 1.64. The Morgan fingerprint density at radius 2 is 2.05 bits per heavy atom. The number of primary sulfonamides is 1. The maximum absolute atomic E-state index is 13.5. The van der Waals surface area contributed by atoms with Gasteiger partial charge in [0.2, 0.25) is 10.0 Å². The fourth-order valence-corrected chi connectivity index (χ4v) is 2.94. The molecule has 0 heterocycles. The molecule has 1 aromatic rings. The summed E-state index contributed by atoms with van der Waals surface area (Å²) in [6.07, 6.45) is 2.68. The summed E-state index contributed by atoms with van der Waals surface area (Å²) in [5.41, 5.74) is -0.429. The lowest BCUT2D eigenvalue weighted by atomic mass is 9.78. The number of hydrogen-bond donors (Lipinski definition) is 2. The average Bonchev–Trinajstić information content (AvgIpc) is 2.24. The second-order valence-corrected chi connectivity index (χ2v) is 7.11. The van der Waals surface area contributed by atoms with E-state index < -0.39 is 26.6 Å². The fourth-order valence-electron chi connectivity index (χ4n) is 2.09. The second-order valence-electron chi connectivity index (χ2n) is 5.18. The van der Waals surface area contributed by atoms with E-state index >= 15 is 0 Å². The molecule has 0 saturated heterocycles. The highest BCUT2D eigenvalue weighted by Gasteiger charge is 2.34. The molecule has 1 aliphatic rings. The molecule has 8 heteroatoms. The lowest BCUT2D eigenvalue weighted by Gasteiger charge is -2.39. The molecule has 0 aromatic heterocycles. The largest absolute Gasteiger partial charge is 0.347 e. The van der Waals surface area contributed by atoms with Crippen LogP contribution in [0.3, 0.4) is 0 Å². The Bertz CT molecular complexity index is 672. The Kier molecular flexibility index (Phi) is 3.79. The van der Waals surface area contributed by atoms with Crippen LogP contribution in [0.25, 0.3) is 0 Å². The number of benzene rings is 1.